The molecule has 0 amide bonds. The third-order valence-electron chi connectivity index (χ3n) is 2.68. The highest BCUT2D eigenvalue weighted by Gasteiger charge is 2.16. The summed E-state index contributed by atoms with van der Waals surface area (Å²) in [5.41, 5.74) is 0. The Labute approximate surface area is 111 Å². The van der Waals surface area contributed by atoms with Crippen LogP contribution < -0.4 is 0 Å². The van der Waals surface area contributed by atoms with E-state index in [1.165, 1.54) is 0 Å². The Kier molecular flexibility index (Phi) is 8.52. The third-order valence-corrected chi connectivity index (χ3v) is 2.68. The van der Waals surface area contributed by atoms with Crippen molar-refractivity contribution in [2.24, 2.45) is 5.92 Å². The van der Waals surface area contributed by atoms with Crippen molar-refractivity contribution in [3.63, 3.8) is 0 Å². The second-order valence-electron chi connectivity index (χ2n) is 4.53. The van der Waals surface area contributed by atoms with Crippen molar-refractivity contribution in [1.82, 2.24) is 4.90 Å². The number of hydrogen-bond acceptors (Lipinski definition) is 4. The van der Waals surface area contributed by atoms with Gasteiger partial charge in [0.2, 0.25) is 0 Å². The van der Waals surface area contributed by atoms with Gasteiger partial charge in [0.05, 0.1) is 5.92 Å². The van der Waals surface area contributed by atoms with E-state index in [9.17, 15) is 14.4 Å². The maximum atomic E-state index is 10.8. The van der Waals surface area contributed by atoms with Crippen molar-refractivity contribution in [1.29, 1.82) is 0 Å². The van der Waals surface area contributed by atoms with E-state index in [2.05, 4.69) is 0 Å². The fraction of sp³-hybridized carbons (Fsp3) is 0.750. The zero-order chi connectivity index (χ0) is 14.8. The van der Waals surface area contributed by atoms with Crippen LogP contribution in [-0.4, -0.2) is 57.8 Å². The highest BCUT2D eigenvalue weighted by atomic mass is 16.4. The lowest BCUT2D eigenvalue weighted by molar-refractivity contribution is -0.142. The number of hydrogen-bond donors (Lipinski definition) is 3. The largest absolute Gasteiger partial charge is 0.481 e. The average molecular weight is 275 g/mol. The molecule has 0 aliphatic carbocycles. The van der Waals surface area contributed by atoms with E-state index in [1.807, 2.05) is 4.90 Å². The van der Waals surface area contributed by atoms with Crippen molar-refractivity contribution >= 4 is 17.9 Å². The zero-order valence-corrected chi connectivity index (χ0v) is 11.0. The van der Waals surface area contributed by atoms with Gasteiger partial charge in [-0.15, -0.1) is 0 Å². The molecule has 0 fully saturated rings. The highest BCUT2D eigenvalue weighted by Crippen LogP contribution is 2.05. The Morgan fingerprint density at radius 3 is 1.68 bits per heavy atom. The SMILES string of the molecule is CC(CN(CCCC(=O)O)CCCC(=O)O)C(=O)O. The molecule has 0 aromatic rings. The summed E-state index contributed by atoms with van der Waals surface area (Å²) in [6, 6.07) is 0. The molecule has 1 atom stereocenters. The van der Waals surface area contributed by atoms with Crippen molar-refractivity contribution in [2.75, 3.05) is 19.6 Å². The molecule has 0 aliphatic rings. The maximum Gasteiger partial charge on any atom is 0.307 e. The molecule has 0 aromatic carbocycles. The molecule has 0 spiro atoms. The minimum Gasteiger partial charge on any atom is -0.481 e. The topological polar surface area (TPSA) is 115 Å². The summed E-state index contributed by atoms with van der Waals surface area (Å²) in [6.45, 7) is 2.80. The lowest BCUT2D eigenvalue weighted by Crippen LogP contribution is -2.34. The van der Waals surface area contributed by atoms with Crippen LogP contribution >= 0.6 is 0 Å². The summed E-state index contributed by atoms with van der Waals surface area (Å²) in [6.07, 6.45) is 0.900. The van der Waals surface area contributed by atoms with Gasteiger partial charge in [-0.2, -0.15) is 0 Å². The highest BCUT2D eigenvalue weighted by molar-refractivity contribution is 5.69. The predicted octanol–water partition coefficient (Wildman–Crippen LogP) is 0.739. The van der Waals surface area contributed by atoms with Gasteiger partial charge in [-0.25, -0.2) is 0 Å². The Hall–Kier alpha value is -1.63. The van der Waals surface area contributed by atoms with E-state index < -0.39 is 23.8 Å². The molecule has 7 heteroatoms. The molecule has 0 saturated heterocycles. The van der Waals surface area contributed by atoms with Crippen LogP contribution in [0.2, 0.25) is 0 Å². The van der Waals surface area contributed by atoms with Gasteiger partial charge in [0.25, 0.3) is 0 Å². The molecule has 3 N–H and O–H groups in total. The zero-order valence-electron chi connectivity index (χ0n) is 11.0. The molecule has 0 aromatic heterocycles. The standard InChI is InChI=1S/C12H21NO6/c1-9(12(18)19)8-13(6-2-4-10(14)15)7-3-5-11(16)17/h9H,2-8H2,1H3,(H,14,15)(H,16,17)(H,18,19). The molecule has 19 heavy (non-hydrogen) atoms. The Morgan fingerprint density at radius 1 is 0.947 bits per heavy atom. The van der Waals surface area contributed by atoms with Crippen molar-refractivity contribution in [3.8, 4) is 0 Å². The Balaban J connectivity index is 4.16. The Morgan fingerprint density at radius 2 is 1.37 bits per heavy atom. The molecule has 1 unspecified atom stereocenters. The van der Waals surface area contributed by atoms with E-state index >= 15 is 0 Å². The summed E-state index contributed by atoms with van der Waals surface area (Å²) in [4.78, 5) is 33.4. The molecular formula is C12H21NO6. The van der Waals surface area contributed by atoms with E-state index in [0.29, 0.717) is 32.5 Å². The van der Waals surface area contributed by atoms with Gasteiger partial charge in [0, 0.05) is 19.4 Å². The molecule has 0 aliphatic heterocycles. The second-order valence-corrected chi connectivity index (χ2v) is 4.53. The van der Waals surface area contributed by atoms with Gasteiger partial charge >= 0.3 is 17.9 Å². The van der Waals surface area contributed by atoms with Crippen LogP contribution in [0.15, 0.2) is 0 Å². The normalized spacial score (nSPS) is 12.3. The summed E-state index contributed by atoms with van der Waals surface area (Å²) in [5, 5.41) is 26.0. The summed E-state index contributed by atoms with van der Waals surface area (Å²) >= 11 is 0. The molecule has 0 radical (unpaired) electrons. The number of aliphatic carboxylic acids is 3. The molecular weight excluding hydrogens is 254 g/mol. The van der Waals surface area contributed by atoms with Crippen molar-refractivity contribution in [2.45, 2.75) is 32.6 Å². The van der Waals surface area contributed by atoms with E-state index in [4.69, 9.17) is 15.3 Å². The van der Waals surface area contributed by atoms with Gasteiger partial charge in [-0.05, 0) is 25.9 Å². The van der Waals surface area contributed by atoms with Crippen LogP contribution in [-0.2, 0) is 14.4 Å². The first-order chi connectivity index (χ1) is 8.82. The third kappa shape index (κ3) is 10.0. The second kappa shape index (κ2) is 9.32. The van der Waals surface area contributed by atoms with Crippen LogP contribution in [0, 0.1) is 5.92 Å². The fourth-order valence-corrected chi connectivity index (χ4v) is 1.67. The van der Waals surface area contributed by atoms with Crippen LogP contribution in [0.1, 0.15) is 32.6 Å². The van der Waals surface area contributed by atoms with E-state index in [1.54, 1.807) is 6.92 Å². The van der Waals surface area contributed by atoms with Gasteiger partial charge < -0.3 is 20.2 Å². The molecule has 110 valence electrons. The lowest BCUT2D eigenvalue weighted by Gasteiger charge is -2.23. The average Bonchev–Trinajstić information content (AvgIpc) is 2.27. The summed E-state index contributed by atoms with van der Waals surface area (Å²) in [5.74, 6) is -3.26. The van der Waals surface area contributed by atoms with Crippen LogP contribution in [0.5, 0.6) is 0 Å². The summed E-state index contributed by atoms with van der Waals surface area (Å²) in [7, 11) is 0. The minimum atomic E-state index is -0.915. The van der Waals surface area contributed by atoms with Crippen molar-refractivity contribution < 1.29 is 29.7 Å². The maximum absolute atomic E-state index is 10.8. The van der Waals surface area contributed by atoms with Crippen LogP contribution in [0.3, 0.4) is 0 Å². The lowest BCUT2D eigenvalue weighted by atomic mass is 10.1. The van der Waals surface area contributed by atoms with Gasteiger partial charge in [0.1, 0.15) is 0 Å². The number of carboxylic acid groups (broad SMARTS) is 3. The fourth-order valence-electron chi connectivity index (χ4n) is 1.67. The number of carbonyl (C=O) groups is 3. The van der Waals surface area contributed by atoms with Gasteiger partial charge in [0.15, 0.2) is 0 Å². The first-order valence-corrected chi connectivity index (χ1v) is 6.21. The predicted molar refractivity (Wildman–Crippen MR) is 67.0 cm³/mol. The minimum absolute atomic E-state index is 0.0247. The van der Waals surface area contributed by atoms with Gasteiger partial charge in [-0.1, -0.05) is 6.92 Å². The molecule has 0 heterocycles. The van der Waals surface area contributed by atoms with Crippen LogP contribution in [0.25, 0.3) is 0 Å². The number of rotatable bonds is 11. The first kappa shape index (κ1) is 17.4. The first-order valence-electron chi connectivity index (χ1n) is 6.21. The number of nitrogens with zero attached hydrogens (tertiary/aromatic N) is 1. The van der Waals surface area contributed by atoms with E-state index in [-0.39, 0.29) is 12.8 Å². The molecule has 0 bridgehead atoms. The van der Waals surface area contributed by atoms with Gasteiger partial charge in [-0.3, -0.25) is 14.4 Å². The molecule has 0 rings (SSSR count). The number of carboxylic acids is 3. The van der Waals surface area contributed by atoms with Crippen LogP contribution in [0.4, 0.5) is 0 Å². The van der Waals surface area contributed by atoms with E-state index in [0.717, 1.165) is 0 Å². The molecule has 0 saturated carbocycles. The molecule has 7 nitrogen and oxygen atoms in total. The Bertz CT molecular complexity index is 297. The quantitative estimate of drug-likeness (QED) is 0.509. The van der Waals surface area contributed by atoms with Crippen molar-refractivity contribution in [3.05, 3.63) is 0 Å². The smallest absolute Gasteiger partial charge is 0.307 e. The summed E-state index contributed by atoms with van der Waals surface area (Å²) < 4.78 is 0. The monoisotopic (exact) mass is 275 g/mol.